The quantitative estimate of drug-likeness (QED) is 0.590. The van der Waals surface area contributed by atoms with Gasteiger partial charge in [-0.2, -0.15) is 0 Å². The SMILES string of the molecule is O=C(O)/C=C/c1ccc(Oc2ccccc2I)cc1Cl. The van der Waals surface area contributed by atoms with Gasteiger partial charge in [-0.3, -0.25) is 0 Å². The molecule has 0 saturated carbocycles. The molecule has 0 aliphatic rings. The number of carboxylic acids is 1. The van der Waals surface area contributed by atoms with Gasteiger partial charge in [0, 0.05) is 6.08 Å². The van der Waals surface area contributed by atoms with E-state index in [-0.39, 0.29) is 0 Å². The Kier molecular flexibility index (Phi) is 5.03. The number of aliphatic carboxylic acids is 1. The molecule has 0 radical (unpaired) electrons. The van der Waals surface area contributed by atoms with E-state index in [1.807, 2.05) is 24.3 Å². The highest BCUT2D eigenvalue weighted by Gasteiger charge is 2.04. The topological polar surface area (TPSA) is 46.5 Å². The second kappa shape index (κ2) is 6.76. The number of benzene rings is 2. The van der Waals surface area contributed by atoms with Gasteiger partial charge in [-0.05, 0) is 64.6 Å². The molecule has 2 aromatic carbocycles. The van der Waals surface area contributed by atoms with E-state index in [2.05, 4.69) is 22.6 Å². The van der Waals surface area contributed by atoms with E-state index in [0.717, 1.165) is 15.4 Å². The highest BCUT2D eigenvalue weighted by molar-refractivity contribution is 14.1. The Morgan fingerprint density at radius 2 is 2.00 bits per heavy atom. The van der Waals surface area contributed by atoms with Crippen molar-refractivity contribution in [3.8, 4) is 11.5 Å². The molecule has 0 aromatic heterocycles. The summed E-state index contributed by atoms with van der Waals surface area (Å²) in [6, 6.07) is 12.8. The summed E-state index contributed by atoms with van der Waals surface area (Å²) in [7, 11) is 0. The average molecular weight is 401 g/mol. The molecule has 0 heterocycles. The second-order valence-electron chi connectivity index (χ2n) is 3.89. The second-order valence-corrected chi connectivity index (χ2v) is 5.46. The number of hydrogen-bond donors (Lipinski definition) is 1. The number of hydrogen-bond acceptors (Lipinski definition) is 2. The van der Waals surface area contributed by atoms with E-state index in [0.29, 0.717) is 16.3 Å². The largest absolute Gasteiger partial charge is 0.478 e. The van der Waals surface area contributed by atoms with Crippen LogP contribution in [0.5, 0.6) is 11.5 Å². The zero-order valence-corrected chi connectivity index (χ0v) is 13.1. The number of carbonyl (C=O) groups is 1. The van der Waals surface area contributed by atoms with Crippen molar-refractivity contribution >= 4 is 46.2 Å². The van der Waals surface area contributed by atoms with Crippen LogP contribution >= 0.6 is 34.2 Å². The fourth-order valence-corrected chi connectivity index (χ4v) is 2.25. The van der Waals surface area contributed by atoms with Crippen molar-refractivity contribution < 1.29 is 14.6 Å². The third-order valence-electron chi connectivity index (χ3n) is 2.44. The van der Waals surface area contributed by atoms with Crippen molar-refractivity contribution in [2.75, 3.05) is 0 Å². The first-order chi connectivity index (χ1) is 9.56. The summed E-state index contributed by atoms with van der Waals surface area (Å²) in [5.74, 6) is 0.338. The van der Waals surface area contributed by atoms with Crippen LogP contribution in [0.1, 0.15) is 5.56 Å². The smallest absolute Gasteiger partial charge is 0.328 e. The Bertz CT molecular complexity index is 668. The molecule has 3 nitrogen and oxygen atoms in total. The monoisotopic (exact) mass is 400 g/mol. The fraction of sp³-hybridized carbons (Fsp3) is 0. The van der Waals surface area contributed by atoms with Crippen LogP contribution in [0.3, 0.4) is 0 Å². The Morgan fingerprint density at radius 1 is 1.25 bits per heavy atom. The minimum absolute atomic E-state index is 0.436. The first kappa shape index (κ1) is 14.9. The first-order valence-electron chi connectivity index (χ1n) is 5.69. The van der Waals surface area contributed by atoms with Gasteiger partial charge in [0.25, 0.3) is 0 Å². The molecule has 0 aliphatic heterocycles. The maximum atomic E-state index is 10.5. The van der Waals surface area contributed by atoms with Gasteiger partial charge in [-0.15, -0.1) is 0 Å². The van der Waals surface area contributed by atoms with E-state index < -0.39 is 5.97 Å². The molecule has 0 atom stereocenters. The normalized spacial score (nSPS) is 10.7. The van der Waals surface area contributed by atoms with Crippen molar-refractivity contribution in [3.63, 3.8) is 0 Å². The molecule has 2 rings (SSSR count). The minimum Gasteiger partial charge on any atom is -0.478 e. The van der Waals surface area contributed by atoms with Gasteiger partial charge in [0.05, 0.1) is 8.59 Å². The number of halogens is 2. The van der Waals surface area contributed by atoms with Crippen molar-refractivity contribution in [2.45, 2.75) is 0 Å². The van der Waals surface area contributed by atoms with Gasteiger partial charge >= 0.3 is 5.97 Å². The lowest BCUT2D eigenvalue weighted by molar-refractivity contribution is -0.131. The average Bonchev–Trinajstić information content (AvgIpc) is 2.40. The molecule has 102 valence electrons. The van der Waals surface area contributed by atoms with Crippen molar-refractivity contribution in [1.29, 1.82) is 0 Å². The summed E-state index contributed by atoms with van der Waals surface area (Å²) in [6.45, 7) is 0. The summed E-state index contributed by atoms with van der Waals surface area (Å²) in [5.41, 5.74) is 0.629. The van der Waals surface area contributed by atoms with Crippen LogP contribution in [0, 0.1) is 3.57 Å². The molecule has 5 heteroatoms. The van der Waals surface area contributed by atoms with Crippen LogP contribution in [0.4, 0.5) is 0 Å². The molecule has 2 aromatic rings. The zero-order valence-electron chi connectivity index (χ0n) is 10.2. The highest BCUT2D eigenvalue weighted by Crippen LogP contribution is 2.29. The van der Waals surface area contributed by atoms with E-state index in [9.17, 15) is 4.79 Å². The van der Waals surface area contributed by atoms with Crippen LogP contribution in [-0.4, -0.2) is 11.1 Å². The maximum Gasteiger partial charge on any atom is 0.328 e. The van der Waals surface area contributed by atoms with Crippen molar-refractivity contribution in [3.05, 3.63) is 62.7 Å². The van der Waals surface area contributed by atoms with E-state index in [1.54, 1.807) is 18.2 Å². The lowest BCUT2D eigenvalue weighted by atomic mass is 10.2. The van der Waals surface area contributed by atoms with Gasteiger partial charge in [0.15, 0.2) is 0 Å². The molecule has 1 N–H and O–H groups in total. The molecule has 0 unspecified atom stereocenters. The lowest BCUT2D eigenvalue weighted by Gasteiger charge is -2.08. The summed E-state index contributed by atoms with van der Waals surface area (Å²) < 4.78 is 6.73. The molecule has 0 amide bonds. The Morgan fingerprint density at radius 3 is 2.65 bits per heavy atom. The molecule has 20 heavy (non-hydrogen) atoms. The summed E-state index contributed by atoms with van der Waals surface area (Å²) >= 11 is 8.28. The van der Waals surface area contributed by atoms with Crippen molar-refractivity contribution in [2.24, 2.45) is 0 Å². The van der Waals surface area contributed by atoms with Crippen LogP contribution in [0.15, 0.2) is 48.5 Å². The Balaban J connectivity index is 2.21. The first-order valence-corrected chi connectivity index (χ1v) is 7.15. The number of carboxylic acid groups (broad SMARTS) is 1. The lowest BCUT2D eigenvalue weighted by Crippen LogP contribution is -1.89. The van der Waals surface area contributed by atoms with Crippen LogP contribution in [0.25, 0.3) is 6.08 Å². The van der Waals surface area contributed by atoms with Crippen LogP contribution < -0.4 is 4.74 Å². The number of rotatable bonds is 4. The third kappa shape index (κ3) is 3.98. The predicted octanol–water partition coefficient (Wildman–Crippen LogP) is 4.83. The molecular formula is C15H10ClIO3. The van der Waals surface area contributed by atoms with Gasteiger partial charge < -0.3 is 9.84 Å². The third-order valence-corrected chi connectivity index (χ3v) is 3.66. The summed E-state index contributed by atoms with van der Waals surface area (Å²) in [5, 5.41) is 9.03. The summed E-state index contributed by atoms with van der Waals surface area (Å²) in [4.78, 5) is 10.5. The fourth-order valence-electron chi connectivity index (χ4n) is 1.52. The predicted molar refractivity (Wildman–Crippen MR) is 87.4 cm³/mol. The number of para-hydroxylation sites is 1. The summed E-state index contributed by atoms with van der Waals surface area (Å²) in [6.07, 6.45) is 2.49. The highest BCUT2D eigenvalue weighted by atomic mass is 127. The van der Waals surface area contributed by atoms with Crippen LogP contribution in [-0.2, 0) is 4.79 Å². The van der Waals surface area contributed by atoms with Crippen LogP contribution in [0.2, 0.25) is 5.02 Å². The maximum absolute atomic E-state index is 10.5. The van der Waals surface area contributed by atoms with Gasteiger partial charge in [-0.25, -0.2) is 4.79 Å². The van der Waals surface area contributed by atoms with Gasteiger partial charge in [-0.1, -0.05) is 23.7 Å². The van der Waals surface area contributed by atoms with E-state index in [1.165, 1.54) is 6.08 Å². The van der Waals surface area contributed by atoms with Gasteiger partial charge in [0.2, 0.25) is 0 Å². The van der Waals surface area contributed by atoms with Crippen molar-refractivity contribution in [1.82, 2.24) is 0 Å². The molecule has 0 aliphatic carbocycles. The molecular weight excluding hydrogens is 391 g/mol. The molecule has 0 saturated heterocycles. The van der Waals surface area contributed by atoms with E-state index >= 15 is 0 Å². The standard InChI is InChI=1S/C15H10ClIO3/c16-12-9-11(7-5-10(12)6-8-15(18)19)20-14-4-2-1-3-13(14)17/h1-9H,(H,18,19)/b8-6+. The number of ether oxygens (including phenoxy) is 1. The Labute approximate surface area is 135 Å². The Hall–Kier alpha value is -1.53. The molecule has 0 fully saturated rings. The molecule has 0 spiro atoms. The van der Waals surface area contributed by atoms with Gasteiger partial charge in [0.1, 0.15) is 11.5 Å². The molecule has 0 bridgehead atoms. The zero-order chi connectivity index (χ0) is 14.5. The minimum atomic E-state index is -1.01. The van der Waals surface area contributed by atoms with E-state index in [4.69, 9.17) is 21.4 Å².